The molecule has 1 heterocycles. The Morgan fingerprint density at radius 3 is 2.59 bits per heavy atom. The second-order valence-electron chi connectivity index (χ2n) is 7.89. The van der Waals surface area contributed by atoms with Gasteiger partial charge in [-0.15, -0.1) is 0 Å². The number of nitrogens with one attached hydrogen (secondary N) is 1. The number of aryl methyl sites for hydroxylation is 3. The van der Waals surface area contributed by atoms with Crippen LogP contribution in [-0.4, -0.2) is 22.1 Å². The maximum atomic E-state index is 12.5. The van der Waals surface area contributed by atoms with Gasteiger partial charge in [0.1, 0.15) is 11.6 Å². The molecule has 32 heavy (non-hydrogen) atoms. The van der Waals surface area contributed by atoms with Crippen LogP contribution in [0.5, 0.6) is 5.75 Å². The van der Waals surface area contributed by atoms with Gasteiger partial charge in [-0.05, 0) is 73.9 Å². The molecule has 0 unspecified atom stereocenters. The first-order valence-corrected chi connectivity index (χ1v) is 11.1. The molecule has 0 atom stereocenters. The van der Waals surface area contributed by atoms with Gasteiger partial charge in [-0.3, -0.25) is 4.79 Å². The summed E-state index contributed by atoms with van der Waals surface area (Å²) in [7, 11) is 0. The molecule has 0 fully saturated rings. The number of nitrogens with zero attached hydrogens (tertiary/aromatic N) is 2. The van der Waals surface area contributed by atoms with Crippen LogP contribution in [0.3, 0.4) is 0 Å². The van der Waals surface area contributed by atoms with Gasteiger partial charge in [-0.1, -0.05) is 35.9 Å². The highest BCUT2D eigenvalue weighted by atomic mass is 35.5. The van der Waals surface area contributed by atoms with Gasteiger partial charge in [-0.2, -0.15) is 0 Å². The second-order valence-corrected chi connectivity index (χ2v) is 8.32. The van der Waals surface area contributed by atoms with E-state index in [-0.39, 0.29) is 5.91 Å². The van der Waals surface area contributed by atoms with Crippen molar-refractivity contribution in [2.24, 2.45) is 0 Å². The third-order valence-corrected chi connectivity index (χ3v) is 5.45. The molecule has 1 aromatic heterocycles. The number of amides is 1. The predicted molar refractivity (Wildman–Crippen MR) is 128 cm³/mol. The van der Waals surface area contributed by atoms with Gasteiger partial charge < -0.3 is 14.6 Å². The van der Waals surface area contributed by atoms with Crippen LogP contribution in [0.1, 0.15) is 33.7 Å². The van der Waals surface area contributed by atoms with Crippen LogP contribution >= 0.6 is 11.6 Å². The van der Waals surface area contributed by atoms with Crippen LogP contribution in [0.15, 0.2) is 66.7 Å². The van der Waals surface area contributed by atoms with Crippen molar-refractivity contribution in [3.63, 3.8) is 0 Å². The van der Waals surface area contributed by atoms with E-state index in [9.17, 15) is 4.79 Å². The largest absolute Gasteiger partial charge is 0.494 e. The molecule has 164 valence electrons. The lowest BCUT2D eigenvalue weighted by atomic mass is 10.1. The first kappa shape index (κ1) is 21.9. The Hall–Kier alpha value is -3.31. The Labute approximate surface area is 193 Å². The maximum absolute atomic E-state index is 12.5. The molecule has 6 heteroatoms. The molecule has 0 aliphatic carbocycles. The van der Waals surface area contributed by atoms with Crippen molar-refractivity contribution >= 4 is 28.5 Å². The summed E-state index contributed by atoms with van der Waals surface area (Å²) >= 11 is 6.01. The van der Waals surface area contributed by atoms with E-state index in [0.29, 0.717) is 23.7 Å². The van der Waals surface area contributed by atoms with Gasteiger partial charge in [0.25, 0.3) is 5.91 Å². The molecular weight excluding hydrogens is 422 g/mol. The fourth-order valence-electron chi connectivity index (χ4n) is 3.83. The summed E-state index contributed by atoms with van der Waals surface area (Å²) in [6.45, 7) is 5.82. The number of fused-ring (bicyclic) bond motifs is 1. The van der Waals surface area contributed by atoms with Crippen LogP contribution < -0.4 is 10.1 Å². The van der Waals surface area contributed by atoms with Gasteiger partial charge in [0.2, 0.25) is 0 Å². The third-order valence-electron chi connectivity index (χ3n) is 5.22. The lowest BCUT2D eigenvalue weighted by Gasteiger charge is -2.12. The van der Waals surface area contributed by atoms with Crippen LogP contribution in [0, 0.1) is 13.8 Å². The smallest absolute Gasteiger partial charge is 0.251 e. The Balaban J connectivity index is 1.43. The molecule has 0 saturated carbocycles. The molecule has 4 rings (SSSR count). The van der Waals surface area contributed by atoms with Gasteiger partial charge in [-0.25, -0.2) is 4.98 Å². The van der Waals surface area contributed by atoms with Crippen LogP contribution in [0.4, 0.5) is 0 Å². The Morgan fingerprint density at radius 2 is 1.81 bits per heavy atom. The predicted octanol–water partition coefficient (Wildman–Crippen LogP) is 5.71. The quantitative estimate of drug-likeness (QED) is 0.352. The molecule has 0 saturated heterocycles. The highest BCUT2D eigenvalue weighted by Gasteiger charge is 2.13. The molecule has 0 radical (unpaired) electrons. The van der Waals surface area contributed by atoms with E-state index in [1.54, 1.807) is 24.3 Å². The first-order chi connectivity index (χ1) is 15.5. The van der Waals surface area contributed by atoms with Gasteiger partial charge in [0, 0.05) is 17.1 Å². The van der Waals surface area contributed by atoms with Gasteiger partial charge in [0.15, 0.2) is 0 Å². The zero-order valence-electron chi connectivity index (χ0n) is 18.3. The number of benzene rings is 3. The van der Waals surface area contributed by atoms with Crippen molar-refractivity contribution in [2.75, 3.05) is 6.61 Å². The number of aromatic nitrogens is 2. The standard InChI is InChI=1S/C26H26ClN3O2/c1-18-13-19(2)15-22(14-18)32-12-6-11-30-24-10-4-3-9-23(24)29-25(30)17-28-26(31)20-7-5-8-21(27)16-20/h3-5,7-10,13-16H,6,11-12,17H2,1-2H3,(H,28,31). The van der Waals surface area contributed by atoms with E-state index in [4.69, 9.17) is 21.3 Å². The first-order valence-electron chi connectivity index (χ1n) is 10.7. The minimum absolute atomic E-state index is 0.177. The molecule has 4 aromatic rings. The number of imidazole rings is 1. The van der Waals surface area contributed by atoms with E-state index < -0.39 is 0 Å². The van der Waals surface area contributed by atoms with E-state index in [2.05, 4.69) is 48.0 Å². The number of hydrogen-bond acceptors (Lipinski definition) is 3. The number of halogens is 1. The van der Waals surface area contributed by atoms with Crippen molar-refractivity contribution < 1.29 is 9.53 Å². The lowest BCUT2D eigenvalue weighted by Crippen LogP contribution is -2.25. The molecule has 0 spiro atoms. The molecular formula is C26H26ClN3O2. The van der Waals surface area contributed by atoms with Gasteiger partial charge >= 0.3 is 0 Å². The Kier molecular flexibility index (Phi) is 6.76. The zero-order chi connectivity index (χ0) is 22.5. The Bertz CT molecular complexity index is 1230. The second kappa shape index (κ2) is 9.88. The summed E-state index contributed by atoms with van der Waals surface area (Å²) in [4.78, 5) is 17.3. The molecule has 1 N–H and O–H groups in total. The molecule has 5 nitrogen and oxygen atoms in total. The third kappa shape index (κ3) is 5.29. The number of hydrogen-bond donors (Lipinski definition) is 1. The van der Waals surface area contributed by atoms with Crippen LogP contribution in [0.25, 0.3) is 11.0 Å². The average molecular weight is 448 g/mol. The average Bonchev–Trinajstić information content (AvgIpc) is 3.12. The fraction of sp³-hybridized carbons (Fsp3) is 0.231. The summed E-state index contributed by atoms with van der Waals surface area (Å²) in [6.07, 6.45) is 0.822. The molecule has 0 aliphatic rings. The molecule has 3 aromatic carbocycles. The highest BCUT2D eigenvalue weighted by molar-refractivity contribution is 6.30. The number of para-hydroxylation sites is 2. The van der Waals surface area contributed by atoms with E-state index in [0.717, 1.165) is 35.6 Å². The summed E-state index contributed by atoms with van der Waals surface area (Å²) in [6, 6.07) is 21.2. The summed E-state index contributed by atoms with van der Waals surface area (Å²) < 4.78 is 8.12. The zero-order valence-corrected chi connectivity index (χ0v) is 19.0. The SMILES string of the molecule is Cc1cc(C)cc(OCCCn2c(CNC(=O)c3cccc(Cl)c3)nc3ccccc32)c1. The lowest BCUT2D eigenvalue weighted by molar-refractivity contribution is 0.0949. The van der Waals surface area contributed by atoms with Crippen molar-refractivity contribution in [3.05, 3.63) is 94.3 Å². The van der Waals surface area contributed by atoms with E-state index in [1.807, 2.05) is 18.2 Å². The summed E-state index contributed by atoms with van der Waals surface area (Å²) in [5, 5.41) is 3.50. The van der Waals surface area contributed by atoms with Crippen molar-refractivity contribution in [2.45, 2.75) is 33.4 Å². The fourth-order valence-corrected chi connectivity index (χ4v) is 4.02. The van der Waals surface area contributed by atoms with Crippen LogP contribution in [-0.2, 0) is 13.1 Å². The number of carbonyl (C=O) groups excluding carboxylic acids is 1. The van der Waals surface area contributed by atoms with E-state index in [1.165, 1.54) is 11.1 Å². The number of carbonyl (C=O) groups is 1. The summed E-state index contributed by atoms with van der Waals surface area (Å²) in [5.41, 5.74) is 4.87. The number of ether oxygens (including phenoxy) is 1. The summed E-state index contributed by atoms with van der Waals surface area (Å²) in [5.74, 6) is 1.53. The highest BCUT2D eigenvalue weighted by Crippen LogP contribution is 2.19. The van der Waals surface area contributed by atoms with Crippen molar-refractivity contribution in [1.29, 1.82) is 0 Å². The van der Waals surface area contributed by atoms with Crippen LogP contribution in [0.2, 0.25) is 5.02 Å². The topological polar surface area (TPSA) is 56.1 Å². The van der Waals surface area contributed by atoms with Crippen molar-refractivity contribution in [1.82, 2.24) is 14.9 Å². The van der Waals surface area contributed by atoms with E-state index >= 15 is 0 Å². The molecule has 0 bridgehead atoms. The van der Waals surface area contributed by atoms with Crippen molar-refractivity contribution in [3.8, 4) is 5.75 Å². The normalized spacial score (nSPS) is 11.0. The minimum atomic E-state index is -0.177. The molecule has 1 amide bonds. The van der Waals surface area contributed by atoms with Gasteiger partial charge in [0.05, 0.1) is 24.2 Å². The Morgan fingerprint density at radius 1 is 1.03 bits per heavy atom. The maximum Gasteiger partial charge on any atom is 0.251 e. The monoisotopic (exact) mass is 447 g/mol. The number of rotatable bonds is 8. The minimum Gasteiger partial charge on any atom is -0.494 e. The molecule has 0 aliphatic heterocycles.